The van der Waals surface area contributed by atoms with Crippen molar-refractivity contribution in [3.05, 3.63) is 35.9 Å². The maximum atomic E-state index is 14.0. The number of rotatable bonds is 3. The van der Waals surface area contributed by atoms with Gasteiger partial charge in [-0.3, -0.25) is 4.90 Å². The third-order valence-corrected chi connectivity index (χ3v) is 5.10. The van der Waals surface area contributed by atoms with Crippen molar-refractivity contribution in [1.82, 2.24) is 10.2 Å². The first-order valence-electron chi connectivity index (χ1n) is 8.12. The third kappa shape index (κ3) is 3.52. The van der Waals surface area contributed by atoms with Crippen LogP contribution in [0.5, 0.6) is 0 Å². The van der Waals surface area contributed by atoms with E-state index in [2.05, 4.69) is 5.32 Å². The molecule has 2 atom stereocenters. The van der Waals surface area contributed by atoms with Gasteiger partial charge in [0.05, 0.1) is 0 Å². The highest BCUT2D eigenvalue weighted by Gasteiger charge is 2.61. The van der Waals surface area contributed by atoms with Gasteiger partial charge in [0.25, 0.3) is 0 Å². The molecule has 2 nitrogen and oxygen atoms in total. The lowest BCUT2D eigenvalue weighted by Crippen LogP contribution is -2.54. The van der Waals surface area contributed by atoms with Gasteiger partial charge in [0, 0.05) is 6.54 Å². The summed E-state index contributed by atoms with van der Waals surface area (Å²) < 4.78 is 42.1. The first-order chi connectivity index (χ1) is 10.5. The van der Waals surface area contributed by atoms with Crippen LogP contribution in [-0.2, 0) is 5.54 Å². The minimum absolute atomic E-state index is 0. The van der Waals surface area contributed by atoms with E-state index in [9.17, 15) is 13.2 Å². The first kappa shape index (κ1) is 18.6. The van der Waals surface area contributed by atoms with Crippen molar-refractivity contribution in [2.45, 2.75) is 37.4 Å². The second-order valence-corrected chi connectivity index (χ2v) is 6.49. The molecule has 130 valence electrons. The number of hydrogen-bond donors (Lipinski definition) is 1. The molecule has 2 saturated heterocycles. The Morgan fingerprint density at radius 1 is 1.17 bits per heavy atom. The van der Waals surface area contributed by atoms with Crippen LogP contribution >= 0.6 is 12.4 Å². The lowest BCUT2D eigenvalue weighted by molar-refractivity contribution is -0.230. The summed E-state index contributed by atoms with van der Waals surface area (Å²) in [7, 11) is 0. The van der Waals surface area contributed by atoms with Gasteiger partial charge in [0.15, 0.2) is 0 Å². The van der Waals surface area contributed by atoms with Gasteiger partial charge >= 0.3 is 6.18 Å². The van der Waals surface area contributed by atoms with Gasteiger partial charge in [-0.25, -0.2) is 0 Å². The Balaban J connectivity index is 0.00000192. The molecule has 0 aliphatic carbocycles. The van der Waals surface area contributed by atoms with Gasteiger partial charge in [-0.2, -0.15) is 13.2 Å². The molecule has 2 fully saturated rings. The van der Waals surface area contributed by atoms with Gasteiger partial charge in [0.2, 0.25) is 0 Å². The molecule has 6 heteroatoms. The van der Waals surface area contributed by atoms with E-state index in [-0.39, 0.29) is 18.8 Å². The monoisotopic (exact) mass is 348 g/mol. The number of alkyl halides is 3. The Morgan fingerprint density at radius 2 is 1.91 bits per heavy atom. The van der Waals surface area contributed by atoms with E-state index in [0.29, 0.717) is 31.0 Å². The van der Waals surface area contributed by atoms with Crippen molar-refractivity contribution >= 4 is 12.4 Å². The molecule has 0 radical (unpaired) electrons. The van der Waals surface area contributed by atoms with E-state index in [1.54, 1.807) is 35.2 Å². The average Bonchev–Trinajstić information content (AvgIpc) is 2.93. The van der Waals surface area contributed by atoms with Crippen LogP contribution in [0.3, 0.4) is 0 Å². The van der Waals surface area contributed by atoms with Gasteiger partial charge in [-0.05, 0) is 56.8 Å². The highest BCUT2D eigenvalue weighted by Crippen LogP contribution is 2.50. The molecule has 0 saturated carbocycles. The summed E-state index contributed by atoms with van der Waals surface area (Å²) in [5.41, 5.74) is -1.41. The number of piperidine rings is 1. The molecule has 2 heterocycles. The van der Waals surface area contributed by atoms with Gasteiger partial charge < -0.3 is 5.32 Å². The Bertz CT molecular complexity index is 488. The zero-order valence-electron chi connectivity index (χ0n) is 13.1. The van der Waals surface area contributed by atoms with Crippen LogP contribution in [0.25, 0.3) is 0 Å². The Hall–Kier alpha value is -0.780. The number of nitrogens with one attached hydrogen (secondary N) is 1. The Labute approximate surface area is 141 Å². The number of hydrogen-bond acceptors (Lipinski definition) is 2. The fraction of sp³-hybridized carbons (Fsp3) is 0.647. The molecular weight excluding hydrogens is 325 g/mol. The molecule has 1 aromatic carbocycles. The molecule has 23 heavy (non-hydrogen) atoms. The second kappa shape index (κ2) is 7.41. The van der Waals surface area contributed by atoms with E-state index in [4.69, 9.17) is 0 Å². The van der Waals surface area contributed by atoms with Crippen LogP contribution in [0.4, 0.5) is 13.2 Å². The molecular formula is C17H24ClF3N2. The van der Waals surface area contributed by atoms with E-state index < -0.39 is 11.7 Å². The van der Waals surface area contributed by atoms with Crippen LogP contribution in [0.1, 0.15) is 31.2 Å². The fourth-order valence-corrected chi connectivity index (χ4v) is 4.04. The largest absolute Gasteiger partial charge is 0.411 e. The highest BCUT2D eigenvalue weighted by atomic mass is 35.5. The number of halogens is 4. The Morgan fingerprint density at radius 3 is 2.52 bits per heavy atom. The summed E-state index contributed by atoms with van der Waals surface area (Å²) in [6, 6.07) is 8.46. The molecule has 2 aliphatic heterocycles. The summed E-state index contributed by atoms with van der Waals surface area (Å²) in [4.78, 5) is 1.69. The van der Waals surface area contributed by atoms with Crippen molar-refractivity contribution in [2.75, 3.05) is 26.2 Å². The fourth-order valence-electron chi connectivity index (χ4n) is 4.04. The summed E-state index contributed by atoms with van der Waals surface area (Å²) in [5, 5.41) is 3.31. The molecule has 0 aromatic heterocycles. The molecule has 1 aromatic rings. The molecule has 1 N–H and O–H groups in total. The van der Waals surface area contributed by atoms with Crippen LogP contribution in [0.15, 0.2) is 30.3 Å². The standard InChI is InChI=1S/C17H23F3N2.ClH/c18-17(19,20)16(15-7-2-1-3-8-15)9-5-11-22(16)13-14-6-4-10-21-12-14;/h1-3,7-8,14,21H,4-6,9-13H2;1H. The van der Waals surface area contributed by atoms with Crippen LogP contribution in [0, 0.1) is 5.92 Å². The molecule has 2 aliphatic rings. The average molecular weight is 349 g/mol. The topological polar surface area (TPSA) is 15.3 Å². The highest BCUT2D eigenvalue weighted by molar-refractivity contribution is 5.85. The van der Waals surface area contributed by atoms with Crippen molar-refractivity contribution in [2.24, 2.45) is 5.92 Å². The number of benzene rings is 1. The summed E-state index contributed by atoms with van der Waals surface area (Å²) in [6.07, 6.45) is -1.39. The molecule has 0 spiro atoms. The number of nitrogens with zero attached hydrogens (tertiary/aromatic N) is 1. The summed E-state index contributed by atoms with van der Waals surface area (Å²) in [6.45, 7) is 2.88. The van der Waals surface area contributed by atoms with E-state index in [0.717, 1.165) is 25.9 Å². The second-order valence-electron chi connectivity index (χ2n) is 6.49. The normalized spacial score (nSPS) is 29.3. The molecule has 3 rings (SSSR count). The Kier molecular flexibility index (Phi) is 5.98. The van der Waals surface area contributed by atoms with E-state index >= 15 is 0 Å². The molecule has 2 unspecified atom stereocenters. The zero-order chi connectivity index (χ0) is 15.6. The van der Waals surface area contributed by atoms with Crippen LogP contribution < -0.4 is 5.32 Å². The lowest BCUT2D eigenvalue weighted by atomic mass is 9.85. The van der Waals surface area contributed by atoms with Crippen LogP contribution in [0.2, 0.25) is 0 Å². The number of likely N-dealkylation sites (tertiary alicyclic amines) is 1. The quantitative estimate of drug-likeness (QED) is 0.889. The predicted molar refractivity (Wildman–Crippen MR) is 87.8 cm³/mol. The van der Waals surface area contributed by atoms with Crippen molar-refractivity contribution < 1.29 is 13.2 Å². The third-order valence-electron chi connectivity index (χ3n) is 5.10. The van der Waals surface area contributed by atoms with Gasteiger partial charge in [0.1, 0.15) is 5.54 Å². The minimum atomic E-state index is -4.24. The smallest absolute Gasteiger partial charge is 0.316 e. The maximum Gasteiger partial charge on any atom is 0.411 e. The zero-order valence-corrected chi connectivity index (χ0v) is 13.9. The van der Waals surface area contributed by atoms with Crippen molar-refractivity contribution in [3.63, 3.8) is 0 Å². The maximum absolute atomic E-state index is 14.0. The van der Waals surface area contributed by atoms with Crippen molar-refractivity contribution in [1.29, 1.82) is 0 Å². The predicted octanol–water partition coefficient (Wildman–Crippen LogP) is 3.96. The molecule has 0 amide bonds. The summed E-state index contributed by atoms with van der Waals surface area (Å²) >= 11 is 0. The van der Waals surface area contributed by atoms with Gasteiger partial charge in [-0.1, -0.05) is 30.3 Å². The van der Waals surface area contributed by atoms with Gasteiger partial charge in [-0.15, -0.1) is 12.4 Å². The molecule has 0 bridgehead atoms. The SMILES string of the molecule is Cl.FC(F)(F)C1(c2ccccc2)CCCN1CC1CCCNC1. The van der Waals surface area contributed by atoms with E-state index in [1.807, 2.05) is 0 Å². The van der Waals surface area contributed by atoms with Crippen molar-refractivity contribution in [3.8, 4) is 0 Å². The van der Waals surface area contributed by atoms with Crippen LogP contribution in [-0.4, -0.2) is 37.3 Å². The lowest BCUT2D eigenvalue weighted by Gasteiger charge is -2.42. The minimum Gasteiger partial charge on any atom is -0.316 e. The van der Waals surface area contributed by atoms with E-state index in [1.165, 1.54) is 0 Å². The summed E-state index contributed by atoms with van der Waals surface area (Å²) in [5.74, 6) is 0.317. The first-order valence-corrected chi connectivity index (χ1v) is 8.12.